The quantitative estimate of drug-likeness (QED) is 0.226. The number of amides is 2. The molecule has 5 rings (SSSR count). The number of carbonyl (C=O) groups is 2. The lowest BCUT2D eigenvalue weighted by atomic mass is 9.90. The zero-order valence-corrected chi connectivity index (χ0v) is 24.3. The van der Waals surface area contributed by atoms with E-state index < -0.39 is 0 Å². The second-order valence-electron chi connectivity index (χ2n) is 10.8. The van der Waals surface area contributed by atoms with E-state index in [4.69, 9.17) is 4.98 Å². The second kappa shape index (κ2) is 13.1. The third kappa shape index (κ3) is 6.89. The number of benzene rings is 2. The Morgan fingerprint density at radius 3 is 2.48 bits per heavy atom. The fourth-order valence-electron chi connectivity index (χ4n) is 5.42. The number of rotatable bonds is 10. The van der Waals surface area contributed by atoms with Crippen LogP contribution < -0.4 is 0 Å². The molecule has 2 aromatic carbocycles. The van der Waals surface area contributed by atoms with Crippen molar-refractivity contribution in [3.05, 3.63) is 111 Å². The van der Waals surface area contributed by atoms with Gasteiger partial charge in [0.25, 0.3) is 11.8 Å². The maximum Gasteiger partial charge on any atom is 0.273 e. The van der Waals surface area contributed by atoms with Crippen molar-refractivity contribution < 1.29 is 9.59 Å². The third-order valence-electron chi connectivity index (χ3n) is 7.70. The van der Waals surface area contributed by atoms with Crippen LogP contribution in [-0.4, -0.2) is 50.8 Å². The minimum absolute atomic E-state index is 0.0335. The summed E-state index contributed by atoms with van der Waals surface area (Å²) in [5, 5.41) is 2.79. The average molecular weight is 555 g/mol. The average Bonchev–Trinajstić information content (AvgIpc) is 3.63. The number of aromatic nitrogens is 2. The summed E-state index contributed by atoms with van der Waals surface area (Å²) < 4.78 is 2.13. The predicted octanol–water partition coefficient (Wildman–Crippen LogP) is 6.45. The molecule has 1 aliphatic rings. The van der Waals surface area contributed by atoms with Gasteiger partial charge in [0.05, 0.1) is 13.1 Å². The summed E-state index contributed by atoms with van der Waals surface area (Å²) in [6, 6.07) is 22.5. The Morgan fingerprint density at radius 2 is 1.75 bits per heavy atom. The molecule has 0 saturated carbocycles. The second-order valence-corrected chi connectivity index (χ2v) is 11.7. The first kappa shape index (κ1) is 27.8. The first-order valence-corrected chi connectivity index (χ1v) is 15.2. The molecule has 0 radical (unpaired) electrons. The van der Waals surface area contributed by atoms with Crippen LogP contribution in [0.25, 0.3) is 0 Å². The minimum Gasteiger partial charge on any atom is -0.343 e. The highest BCUT2D eigenvalue weighted by atomic mass is 32.1. The molecule has 7 heteroatoms. The van der Waals surface area contributed by atoms with Crippen LogP contribution in [0.4, 0.5) is 0 Å². The molecule has 1 fully saturated rings. The Balaban J connectivity index is 1.18. The fourth-order valence-corrected chi connectivity index (χ4v) is 6.19. The van der Waals surface area contributed by atoms with E-state index in [1.807, 2.05) is 58.6 Å². The predicted molar refractivity (Wildman–Crippen MR) is 161 cm³/mol. The smallest absolute Gasteiger partial charge is 0.273 e. The van der Waals surface area contributed by atoms with Crippen LogP contribution in [0.1, 0.15) is 68.9 Å². The van der Waals surface area contributed by atoms with Crippen LogP contribution in [-0.2, 0) is 19.5 Å². The van der Waals surface area contributed by atoms with E-state index in [0.29, 0.717) is 36.8 Å². The fraction of sp³-hybridized carbons (Fsp3) is 0.364. The number of hydrogen-bond donors (Lipinski definition) is 0. The Morgan fingerprint density at radius 1 is 1.00 bits per heavy atom. The van der Waals surface area contributed by atoms with Crippen molar-refractivity contribution in [2.24, 2.45) is 5.92 Å². The van der Waals surface area contributed by atoms with E-state index >= 15 is 0 Å². The van der Waals surface area contributed by atoms with Gasteiger partial charge in [-0.25, -0.2) is 4.98 Å². The number of thiazole rings is 1. The number of carbonyl (C=O) groups excluding carboxylic acids is 2. The van der Waals surface area contributed by atoms with Gasteiger partial charge in [0.15, 0.2) is 0 Å². The van der Waals surface area contributed by atoms with Crippen molar-refractivity contribution >= 4 is 23.2 Å². The van der Waals surface area contributed by atoms with Gasteiger partial charge in [0, 0.05) is 42.5 Å². The lowest BCUT2D eigenvalue weighted by Crippen LogP contribution is -2.39. The van der Waals surface area contributed by atoms with Crippen molar-refractivity contribution in [1.82, 2.24) is 19.4 Å². The number of nitrogens with zero attached hydrogens (tertiary/aromatic N) is 4. The van der Waals surface area contributed by atoms with Crippen LogP contribution in [0, 0.1) is 12.8 Å². The molecule has 0 spiro atoms. The third-order valence-corrected chi connectivity index (χ3v) is 8.53. The molecule has 208 valence electrons. The number of likely N-dealkylation sites (tertiary alicyclic amines) is 1. The summed E-state index contributed by atoms with van der Waals surface area (Å²) in [7, 11) is 0. The molecule has 0 unspecified atom stereocenters. The van der Waals surface area contributed by atoms with Crippen molar-refractivity contribution in [1.29, 1.82) is 0 Å². The topological polar surface area (TPSA) is 58.4 Å². The van der Waals surface area contributed by atoms with Gasteiger partial charge >= 0.3 is 0 Å². The summed E-state index contributed by atoms with van der Waals surface area (Å²) in [4.78, 5) is 35.1. The summed E-state index contributed by atoms with van der Waals surface area (Å²) in [5.74, 6) is 0.699. The Kier molecular flexibility index (Phi) is 9.12. The van der Waals surface area contributed by atoms with Gasteiger partial charge in [-0.3, -0.25) is 9.59 Å². The first-order chi connectivity index (χ1) is 19.5. The van der Waals surface area contributed by atoms with Crippen molar-refractivity contribution in [2.45, 2.75) is 52.6 Å². The summed E-state index contributed by atoms with van der Waals surface area (Å²) in [6.45, 7) is 7.49. The van der Waals surface area contributed by atoms with E-state index in [9.17, 15) is 9.59 Å². The van der Waals surface area contributed by atoms with Gasteiger partial charge in [-0.05, 0) is 68.4 Å². The molecule has 1 aliphatic heterocycles. The Labute approximate surface area is 241 Å². The molecule has 0 atom stereocenters. The maximum absolute atomic E-state index is 13.2. The summed E-state index contributed by atoms with van der Waals surface area (Å²) >= 11 is 1.52. The highest BCUT2D eigenvalue weighted by Crippen LogP contribution is 2.24. The van der Waals surface area contributed by atoms with Crippen LogP contribution >= 0.6 is 11.3 Å². The van der Waals surface area contributed by atoms with Gasteiger partial charge in [0.2, 0.25) is 0 Å². The molecule has 0 N–H and O–H groups in total. The Hall–Kier alpha value is -3.71. The van der Waals surface area contributed by atoms with Crippen LogP contribution in [0.15, 0.2) is 78.3 Å². The van der Waals surface area contributed by atoms with Crippen molar-refractivity contribution in [3.63, 3.8) is 0 Å². The summed E-state index contributed by atoms with van der Waals surface area (Å²) in [5.41, 5.74) is 4.82. The molecule has 0 bridgehead atoms. The maximum atomic E-state index is 13.2. The summed E-state index contributed by atoms with van der Waals surface area (Å²) in [6.07, 6.45) is 6.05. The minimum atomic E-state index is 0.0335. The van der Waals surface area contributed by atoms with Crippen LogP contribution in [0.5, 0.6) is 0 Å². The van der Waals surface area contributed by atoms with Crippen LogP contribution in [0.2, 0.25) is 0 Å². The molecule has 1 saturated heterocycles. The van der Waals surface area contributed by atoms with Crippen LogP contribution in [0.3, 0.4) is 0 Å². The molecule has 4 aromatic rings. The lowest BCUT2D eigenvalue weighted by molar-refractivity contribution is 0.0684. The normalized spacial score (nSPS) is 13.9. The van der Waals surface area contributed by atoms with E-state index in [1.165, 1.54) is 16.9 Å². The zero-order chi connectivity index (χ0) is 27.9. The van der Waals surface area contributed by atoms with Crippen molar-refractivity contribution in [3.8, 4) is 0 Å². The van der Waals surface area contributed by atoms with Gasteiger partial charge in [-0.15, -0.1) is 11.3 Å². The van der Waals surface area contributed by atoms with E-state index in [-0.39, 0.29) is 11.8 Å². The van der Waals surface area contributed by atoms with Gasteiger partial charge in [0.1, 0.15) is 10.7 Å². The molecule has 3 heterocycles. The Bertz CT molecular complexity index is 1400. The monoisotopic (exact) mass is 554 g/mol. The van der Waals surface area contributed by atoms with E-state index in [2.05, 4.69) is 47.9 Å². The highest BCUT2D eigenvalue weighted by Gasteiger charge is 2.25. The van der Waals surface area contributed by atoms with Gasteiger partial charge in [-0.1, -0.05) is 55.0 Å². The molecule has 2 amide bonds. The van der Waals surface area contributed by atoms with E-state index in [1.54, 1.807) is 0 Å². The number of aryl methyl sites for hydroxylation is 1. The molecule has 2 aromatic heterocycles. The molecule has 0 aliphatic carbocycles. The lowest BCUT2D eigenvalue weighted by Gasteiger charge is -2.31. The highest BCUT2D eigenvalue weighted by molar-refractivity contribution is 7.09. The first-order valence-electron chi connectivity index (χ1n) is 14.3. The standard InChI is InChI=1S/C33H38N4O2S/c1-3-17-37(32(38)28-13-11-25(2)12-14-28)22-29-10-7-18-36(29)23-31-34-30(24-40-31)33(39)35-19-15-27(16-20-35)21-26-8-5-4-6-9-26/h4-14,18,24,27H,3,15-17,19-23H2,1-2H3. The number of piperidine rings is 1. The molecule has 6 nitrogen and oxygen atoms in total. The van der Waals surface area contributed by atoms with Gasteiger partial charge in [-0.2, -0.15) is 0 Å². The molecular formula is C33H38N4O2S. The molecule has 40 heavy (non-hydrogen) atoms. The SMILES string of the molecule is CCCN(Cc1cccn1Cc1nc(C(=O)N2CCC(Cc3ccccc3)CC2)cs1)C(=O)c1ccc(C)cc1. The molecular weight excluding hydrogens is 516 g/mol. The van der Waals surface area contributed by atoms with E-state index in [0.717, 1.165) is 55.0 Å². The largest absolute Gasteiger partial charge is 0.343 e. The van der Waals surface area contributed by atoms with Crippen molar-refractivity contribution in [2.75, 3.05) is 19.6 Å². The number of hydrogen-bond acceptors (Lipinski definition) is 4. The zero-order valence-electron chi connectivity index (χ0n) is 23.5. The van der Waals surface area contributed by atoms with Gasteiger partial charge < -0.3 is 14.4 Å².